The molecule has 4 heteroatoms. The molecule has 1 atom stereocenters. The molecule has 1 aromatic rings. The van der Waals surface area contributed by atoms with E-state index in [1.54, 1.807) is 7.11 Å². The van der Waals surface area contributed by atoms with Gasteiger partial charge in [0.25, 0.3) is 0 Å². The lowest BCUT2D eigenvalue weighted by Gasteiger charge is -2.40. The van der Waals surface area contributed by atoms with Gasteiger partial charge in [0.05, 0.1) is 12.0 Å². The SMILES string of the molecule is COC1(CC(=O)NCC(N)c2ccccc2)CCC1. The van der Waals surface area contributed by atoms with Crippen LogP contribution in [-0.2, 0) is 9.53 Å². The summed E-state index contributed by atoms with van der Waals surface area (Å²) in [6.07, 6.45) is 3.53. The van der Waals surface area contributed by atoms with Crippen LogP contribution in [0.4, 0.5) is 0 Å². The zero-order chi connectivity index (χ0) is 13.7. The van der Waals surface area contributed by atoms with E-state index in [1.165, 1.54) is 0 Å². The predicted octanol–water partition coefficient (Wildman–Crippen LogP) is 1.76. The Labute approximate surface area is 114 Å². The molecular formula is C15H22N2O2. The third-order valence-corrected chi connectivity index (χ3v) is 3.93. The number of carbonyl (C=O) groups is 1. The third kappa shape index (κ3) is 3.55. The van der Waals surface area contributed by atoms with Crippen LogP contribution in [0.15, 0.2) is 30.3 Å². The van der Waals surface area contributed by atoms with Crippen molar-refractivity contribution >= 4 is 5.91 Å². The van der Waals surface area contributed by atoms with Gasteiger partial charge in [-0.15, -0.1) is 0 Å². The Morgan fingerprint density at radius 2 is 2.11 bits per heavy atom. The van der Waals surface area contributed by atoms with E-state index in [0.29, 0.717) is 13.0 Å². The Bertz CT molecular complexity index is 410. The topological polar surface area (TPSA) is 64.3 Å². The summed E-state index contributed by atoms with van der Waals surface area (Å²) in [6.45, 7) is 0.461. The standard InChI is InChI=1S/C15H22N2O2/c1-19-15(8-5-9-15)10-14(18)17-11-13(16)12-6-3-2-4-7-12/h2-4,6-7,13H,5,8-11,16H2,1H3,(H,17,18). The number of amides is 1. The van der Waals surface area contributed by atoms with Gasteiger partial charge in [0.15, 0.2) is 0 Å². The largest absolute Gasteiger partial charge is 0.378 e. The zero-order valence-electron chi connectivity index (χ0n) is 11.4. The first kappa shape index (κ1) is 14.0. The number of carbonyl (C=O) groups excluding carboxylic acids is 1. The van der Waals surface area contributed by atoms with E-state index in [4.69, 9.17) is 10.5 Å². The fraction of sp³-hybridized carbons (Fsp3) is 0.533. The van der Waals surface area contributed by atoms with E-state index in [2.05, 4.69) is 5.32 Å². The van der Waals surface area contributed by atoms with E-state index >= 15 is 0 Å². The summed E-state index contributed by atoms with van der Waals surface area (Å²) >= 11 is 0. The second-order valence-electron chi connectivity index (χ2n) is 5.24. The summed E-state index contributed by atoms with van der Waals surface area (Å²) < 4.78 is 5.44. The quantitative estimate of drug-likeness (QED) is 0.821. The highest BCUT2D eigenvalue weighted by Gasteiger charge is 2.38. The highest BCUT2D eigenvalue weighted by molar-refractivity contribution is 5.77. The van der Waals surface area contributed by atoms with Gasteiger partial charge < -0.3 is 15.8 Å². The summed E-state index contributed by atoms with van der Waals surface area (Å²) in [6, 6.07) is 9.63. The van der Waals surface area contributed by atoms with Crippen molar-refractivity contribution in [2.24, 2.45) is 5.73 Å². The molecule has 1 aliphatic rings. The monoisotopic (exact) mass is 262 g/mol. The second-order valence-corrected chi connectivity index (χ2v) is 5.24. The molecular weight excluding hydrogens is 240 g/mol. The van der Waals surface area contributed by atoms with Crippen LogP contribution >= 0.6 is 0 Å². The zero-order valence-corrected chi connectivity index (χ0v) is 11.4. The van der Waals surface area contributed by atoms with E-state index in [-0.39, 0.29) is 17.6 Å². The van der Waals surface area contributed by atoms with Crippen molar-refractivity contribution < 1.29 is 9.53 Å². The van der Waals surface area contributed by atoms with E-state index < -0.39 is 0 Å². The smallest absolute Gasteiger partial charge is 0.222 e. The molecule has 0 spiro atoms. The summed E-state index contributed by atoms with van der Waals surface area (Å²) in [5, 5.41) is 2.90. The average Bonchev–Trinajstić information content (AvgIpc) is 2.41. The molecule has 0 aromatic heterocycles. The number of benzene rings is 1. The van der Waals surface area contributed by atoms with Crippen LogP contribution in [0, 0.1) is 0 Å². The van der Waals surface area contributed by atoms with Crippen molar-refractivity contribution in [1.29, 1.82) is 0 Å². The number of hydrogen-bond donors (Lipinski definition) is 2. The van der Waals surface area contributed by atoms with Crippen molar-refractivity contribution in [3.63, 3.8) is 0 Å². The Kier molecular flexibility index (Phi) is 4.56. The molecule has 1 amide bonds. The normalized spacial score (nSPS) is 18.4. The number of hydrogen-bond acceptors (Lipinski definition) is 3. The van der Waals surface area contributed by atoms with Crippen molar-refractivity contribution in [3.05, 3.63) is 35.9 Å². The van der Waals surface area contributed by atoms with Crippen LogP contribution in [0.2, 0.25) is 0 Å². The lowest BCUT2D eigenvalue weighted by Crippen LogP contribution is -2.44. The highest BCUT2D eigenvalue weighted by Crippen LogP contribution is 2.37. The van der Waals surface area contributed by atoms with Crippen LogP contribution in [0.3, 0.4) is 0 Å². The van der Waals surface area contributed by atoms with Crippen LogP contribution in [0.5, 0.6) is 0 Å². The van der Waals surface area contributed by atoms with Gasteiger partial charge in [-0.05, 0) is 24.8 Å². The van der Waals surface area contributed by atoms with Crippen LogP contribution < -0.4 is 11.1 Å². The Hall–Kier alpha value is -1.39. The molecule has 1 unspecified atom stereocenters. The minimum Gasteiger partial charge on any atom is -0.378 e. The first-order valence-electron chi connectivity index (χ1n) is 6.78. The lowest BCUT2D eigenvalue weighted by molar-refractivity contribution is -0.134. The molecule has 0 heterocycles. The molecule has 19 heavy (non-hydrogen) atoms. The summed E-state index contributed by atoms with van der Waals surface area (Å²) in [7, 11) is 1.68. The Morgan fingerprint density at radius 3 is 2.63 bits per heavy atom. The Balaban J connectivity index is 1.77. The molecule has 1 fully saturated rings. The van der Waals surface area contributed by atoms with Crippen molar-refractivity contribution in [1.82, 2.24) is 5.32 Å². The fourth-order valence-electron chi connectivity index (χ4n) is 2.42. The average molecular weight is 262 g/mol. The molecule has 1 aromatic carbocycles. The molecule has 4 nitrogen and oxygen atoms in total. The van der Waals surface area contributed by atoms with Crippen molar-refractivity contribution in [2.75, 3.05) is 13.7 Å². The van der Waals surface area contributed by atoms with Gasteiger partial charge >= 0.3 is 0 Å². The summed E-state index contributed by atoms with van der Waals surface area (Å²) in [5.41, 5.74) is 6.85. The molecule has 104 valence electrons. The lowest BCUT2D eigenvalue weighted by atomic mass is 9.77. The van der Waals surface area contributed by atoms with Gasteiger partial charge in [0, 0.05) is 19.7 Å². The second kappa shape index (κ2) is 6.17. The summed E-state index contributed by atoms with van der Waals surface area (Å²) in [5.74, 6) is 0.0212. The first-order valence-corrected chi connectivity index (χ1v) is 6.78. The first-order chi connectivity index (χ1) is 9.15. The van der Waals surface area contributed by atoms with Gasteiger partial charge in [0.2, 0.25) is 5.91 Å². The molecule has 2 rings (SSSR count). The van der Waals surface area contributed by atoms with Crippen LogP contribution in [-0.4, -0.2) is 25.2 Å². The van der Waals surface area contributed by atoms with E-state index in [1.807, 2.05) is 30.3 Å². The van der Waals surface area contributed by atoms with Gasteiger partial charge in [0.1, 0.15) is 0 Å². The molecule has 0 saturated heterocycles. The predicted molar refractivity (Wildman–Crippen MR) is 74.6 cm³/mol. The number of ether oxygens (including phenoxy) is 1. The number of methoxy groups -OCH3 is 1. The third-order valence-electron chi connectivity index (χ3n) is 3.93. The molecule has 0 aliphatic heterocycles. The number of nitrogens with two attached hydrogens (primary N) is 1. The highest BCUT2D eigenvalue weighted by atomic mass is 16.5. The molecule has 0 radical (unpaired) electrons. The van der Waals surface area contributed by atoms with Crippen LogP contribution in [0.25, 0.3) is 0 Å². The number of nitrogens with one attached hydrogen (secondary N) is 1. The Morgan fingerprint density at radius 1 is 1.42 bits per heavy atom. The van der Waals surface area contributed by atoms with E-state index in [9.17, 15) is 4.79 Å². The molecule has 1 aliphatic carbocycles. The maximum absolute atomic E-state index is 11.9. The van der Waals surface area contributed by atoms with Crippen molar-refractivity contribution in [3.8, 4) is 0 Å². The molecule has 0 bridgehead atoms. The minimum atomic E-state index is -0.221. The minimum absolute atomic E-state index is 0.0212. The maximum atomic E-state index is 11.9. The van der Waals surface area contributed by atoms with E-state index in [0.717, 1.165) is 24.8 Å². The molecule has 1 saturated carbocycles. The van der Waals surface area contributed by atoms with Crippen molar-refractivity contribution in [2.45, 2.75) is 37.3 Å². The van der Waals surface area contributed by atoms with Gasteiger partial charge in [-0.25, -0.2) is 0 Å². The van der Waals surface area contributed by atoms with Gasteiger partial charge in [-0.1, -0.05) is 30.3 Å². The maximum Gasteiger partial charge on any atom is 0.222 e. The summed E-state index contributed by atoms with van der Waals surface area (Å²) in [4.78, 5) is 11.9. The molecule has 3 N–H and O–H groups in total. The van der Waals surface area contributed by atoms with Gasteiger partial charge in [-0.3, -0.25) is 4.79 Å². The fourth-order valence-corrected chi connectivity index (χ4v) is 2.42. The van der Waals surface area contributed by atoms with Crippen LogP contribution in [0.1, 0.15) is 37.3 Å². The number of rotatable bonds is 6. The van der Waals surface area contributed by atoms with Gasteiger partial charge in [-0.2, -0.15) is 0 Å².